The molecule has 0 bridgehead atoms. The molecule has 4 aliphatic heterocycles. The van der Waals surface area contributed by atoms with Crippen LogP contribution in [0.5, 0.6) is 11.5 Å². The van der Waals surface area contributed by atoms with E-state index in [2.05, 4.69) is 32.2 Å². The number of halogens is 3. The Hall–Kier alpha value is -4.65. The largest absolute Gasteiger partial charge is 0.493 e. The third kappa shape index (κ3) is 9.02. The van der Waals surface area contributed by atoms with Gasteiger partial charge in [-0.25, -0.2) is 18.2 Å². The van der Waals surface area contributed by atoms with Gasteiger partial charge in [0.1, 0.15) is 29.0 Å². The topological polar surface area (TPSA) is 186 Å². The van der Waals surface area contributed by atoms with Crippen LogP contribution >= 0.6 is 0 Å². The summed E-state index contributed by atoms with van der Waals surface area (Å²) in [5.41, 5.74) is -4.71. The standard InChI is InChI=1S/C49H65F3N6O9S/c1-5-57-22-16-31(17-23-57)28-65-32-13-14-35-34(24-32)33-15-19-46(67-39(33)40(53-35)49(50,51)52)25-37-41(59)55-48(43(61)56-68(63,64)45(4)20-21-45)38-26-47(38,48)18-11-9-7-6-8-10-12-36(42(60)58(37)29-46)54-44(62)66-27-30(2)3/h9,11,13-14,24,30-31,36-38H,5-8,10,12,15-23,25-29H2,1-4H3,(H,54,62)(H,55,59)(H,56,61)/b11-9-/t36-,37-,38-,46+,47?,48+/m0/s1. The lowest BCUT2D eigenvalue weighted by Crippen LogP contribution is -2.61. The van der Waals surface area contributed by atoms with E-state index in [0.717, 1.165) is 38.9 Å². The predicted octanol–water partition coefficient (Wildman–Crippen LogP) is 6.56. The van der Waals surface area contributed by atoms with Crippen LogP contribution in [0.3, 0.4) is 0 Å². The second kappa shape index (κ2) is 17.9. The lowest BCUT2D eigenvalue weighted by atomic mass is 9.86. The number of fused-ring (bicyclic) bond motifs is 5. The number of hydrogen-bond donors (Lipinski definition) is 3. The molecular weight excluding hydrogens is 906 g/mol. The van der Waals surface area contributed by atoms with E-state index in [9.17, 15) is 22.8 Å². The number of ether oxygens (including phenoxy) is 3. The number of pyridine rings is 1. The second-order valence-corrected chi connectivity index (χ2v) is 23.4. The molecule has 5 heterocycles. The van der Waals surface area contributed by atoms with Crippen LogP contribution in [0.15, 0.2) is 30.4 Å². The van der Waals surface area contributed by atoms with Crippen molar-refractivity contribution >= 4 is 44.7 Å². The number of allylic oxidation sites excluding steroid dienone is 2. The number of alkyl halides is 3. The molecule has 0 radical (unpaired) electrons. The maximum atomic E-state index is 15.1. The number of aromatic nitrogens is 1. The molecule has 372 valence electrons. The first-order valence-corrected chi connectivity index (χ1v) is 26.1. The fourth-order valence-corrected chi connectivity index (χ4v) is 12.5. The molecule has 2 saturated heterocycles. The van der Waals surface area contributed by atoms with Gasteiger partial charge in [0, 0.05) is 28.7 Å². The van der Waals surface area contributed by atoms with Gasteiger partial charge >= 0.3 is 12.3 Å². The van der Waals surface area contributed by atoms with Crippen molar-refractivity contribution in [1.29, 1.82) is 0 Å². The molecule has 1 aromatic heterocycles. The minimum absolute atomic E-state index is 0.00379. The highest BCUT2D eigenvalue weighted by molar-refractivity contribution is 7.91. The predicted molar refractivity (Wildman–Crippen MR) is 245 cm³/mol. The summed E-state index contributed by atoms with van der Waals surface area (Å²) in [6.07, 6.45) is 4.74. The Morgan fingerprint density at radius 2 is 1.81 bits per heavy atom. The van der Waals surface area contributed by atoms with Crippen molar-refractivity contribution in [2.75, 3.05) is 39.4 Å². The van der Waals surface area contributed by atoms with E-state index < -0.39 is 84.8 Å². The van der Waals surface area contributed by atoms with Crippen molar-refractivity contribution in [1.82, 2.24) is 30.1 Å². The van der Waals surface area contributed by atoms with Crippen molar-refractivity contribution in [3.05, 3.63) is 41.6 Å². The molecule has 3 aliphatic carbocycles. The number of carbonyl (C=O) groups excluding carboxylic acids is 4. The summed E-state index contributed by atoms with van der Waals surface area (Å²) in [5, 5.41) is 6.10. The van der Waals surface area contributed by atoms with Crippen LogP contribution < -0.4 is 24.8 Å². The number of benzene rings is 1. The first-order chi connectivity index (χ1) is 32.2. The van der Waals surface area contributed by atoms with E-state index in [1.165, 1.54) is 11.0 Å². The van der Waals surface area contributed by atoms with Crippen LogP contribution in [0.25, 0.3) is 10.9 Å². The number of carbonyl (C=O) groups is 4. The molecule has 3 N–H and O–H groups in total. The second-order valence-electron chi connectivity index (χ2n) is 21.2. The highest BCUT2D eigenvalue weighted by atomic mass is 32.2. The number of aryl methyl sites for hydroxylation is 1. The summed E-state index contributed by atoms with van der Waals surface area (Å²) in [7, 11) is -4.11. The summed E-state index contributed by atoms with van der Waals surface area (Å²) in [6, 6.07) is 2.31. The number of rotatable bonds is 10. The molecule has 19 heteroatoms. The Morgan fingerprint density at radius 1 is 1.04 bits per heavy atom. The van der Waals surface area contributed by atoms with Gasteiger partial charge in [-0.3, -0.25) is 19.1 Å². The number of piperidine rings is 1. The minimum atomic E-state index is -4.94. The van der Waals surface area contributed by atoms with Crippen molar-refractivity contribution < 1.29 is 55.0 Å². The maximum absolute atomic E-state index is 15.1. The van der Waals surface area contributed by atoms with Crippen molar-refractivity contribution in [2.45, 2.75) is 152 Å². The summed E-state index contributed by atoms with van der Waals surface area (Å²) in [5.74, 6) is -2.28. The molecule has 4 amide bonds. The summed E-state index contributed by atoms with van der Waals surface area (Å²) >= 11 is 0. The number of sulfonamides is 1. The number of amides is 4. The van der Waals surface area contributed by atoms with Crippen molar-refractivity contribution in [3.8, 4) is 11.5 Å². The molecule has 1 unspecified atom stereocenters. The quantitative estimate of drug-likeness (QED) is 0.219. The Morgan fingerprint density at radius 3 is 2.50 bits per heavy atom. The molecule has 1 aromatic carbocycles. The van der Waals surface area contributed by atoms with Crippen LogP contribution in [0.1, 0.15) is 122 Å². The SMILES string of the molecule is CCN1CCC(COc2ccc3nc(C(F)(F)F)c4c(c3c2)CC[C@]2(C[C@H]3C(=O)N[C@@]5(C(=O)NS(=O)(=O)C6(C)CC6)[C@H]6CC65C/C=C\CCCCC[C@H](NC(=O)OCC(C)C)C(=O)N3C2)O4)CC1. The van der Waals surface area contributed by atoms with E-state index in [1.54, 1.807) is 19.1 Å². The summed E-state index contributed by atoms with van der Waals surface area (Å²) < 4.78 is 91.6. The van der Waals surface area contributed by atoms with Gasteiger partial charge in [-0.15, -0.1) is 0 Å². The number of nitrogens with zero attached hydrogens (tertiary/aromatic N) is 3. The van der Waals surface area contributed by atoms with E-state index >= 15 is 18.0 Å². The molecule has 68 heavy (non-hydrogen) atoms. The summed E-state index contributed by atoms with van der Waals surface area (Å²) in [4.78, 5) is 65.2. The van der Waals surface area contributed by atoms with E-state index in [-0.39, 0.29) is 61.8 Å². The summed E-state index contributed by atoms with van der Waals surface area (Å²) in [6.45, 7) is 10.6. The van der Waals surface area contributed by atoms with Gasteiger partial charge in [-0.1, -0.05) is 45.8 Å². The normalized spacial score (nSPS) is 31.1. The lowest BCUT2D eigenvalue weighted by Gasteiger charge is -2.37. The number of hydrogen-bond acceptors (Lipinski definition) is 11. The van der Waals surface area contributed by atoms with Gasteiger partial charge in [-0.05, 0) is 127 Å². The molecule has 2 spiro atoms. The first-order valence-electron chi connectivity index (χ1n) is 24.6. The van der Waals surface area contributed by atoms with Crippen molar-refractivity contribution in [2.24, 2.45) is 23.2 Å². The Labute approximate surface area is 396 Å². The molecule has 2 aromatic rings. The third-order valence-electron chi connectivity index (χ3n) is 16.0. The van der Waals surface area contributed by atoms with Gasteiger partial charge in [0.05, 0.1) is 30.0 Å². The average molecular weight is 971 g/mol. The molecule has 6 atom stereocenters. The highest BCUT2D eigenvalue weighted by Crippen LogP contribution is 2.84. The van der Waals surface area contributed by atoms with Crippen LogP contribution in [0.2, 0.25) is 0 Å². The molecule has 5 fully saturated rings. The first kappa shape index (κ1) is 48.4. The monoisotopic (exact) mass is 970 g/mol. The van der Waals surface area contributed by atoms with E-state index in [4.69, 9.17) is 14.2 Å². The molecule has 15 nitrogen and oxygen atoms in total. The van der Waals surface area contributed by atoms with Crippen LogP contribution in [0.4, 0.5) is 18.0 Å². The van der Waals surface area contributed by atoms with Crippen LogP contribution in [-0.4, -0.2) is 114 Å². The fourth-order valence-electron chi connectivity index (χ4n) is 11.2. The zero-order valence-corrected chi connectivity index (χ0v) is 40.3. The Balaban J connectivity index is 1.05. The number of nitrogens with one attached hydrogen (secondary N) is 3. The van der Waals surface area contributed by atoms with Gasteiger partial charge < -0.3 is 34.6 Å². The average Bonchev–Trinajstić information content (AvgIpc) is 4.26. The molecule has 9 rings (SSSR count). The zero-order chi connectivity index (χ0) is 48.4. The van der Waals surface area contributed by atoms with E-state index in [1.807, 2.05) is 26.0 Å². The molecule has 3 saturated carbocycles. The number of alkyl carbamates (subject to hydrolysis) is 1. The lowest BCUT2D eigenvalue weighted by molar-refractivity contribution is -0.144. The van der Waals surface area contributed by atoms with Crippen molar-refractivity contribution in [3.63, 3.8) is 0 Å². The van der Waals surface area contributed by atoms with Crippen LogP contribution in [0, 0.1) is 23.2 Å². The highest BCUT2D eigenvalue weighted by Gasteiger charge is 2.92. The van der Waals surface area contributed by atoms with E-state index in [0.29, 0.717) is 68.6 Å². The van der Waals surface area contributed by atoms with Gasteiger partial charge in [0.15, 0.2) is 11.4 Å². The number of likely N-dealkylation sites (tertiary alicyclic amines) is 1. The van der Waals surface area contributed by atoms with Gasteiger partial charge in [0.25, 0.3) is 5.91 Å². The zero-order valence-electron chi connectivity index (χ0n) is 39.5. The molecular formula is C49H65F3N6O9S. The Kier molecular flexibility index (Phi) is 12.8. The fraction of sp³-hybridized carbons (Fsp3) is 0.694. The third-order valence-corrected chi connectivity index (χ3v) is 18.2. The smallest absolute Gasteiger partial charge is 0.437 e. The van der Waals surface area contributed by atoms with Gasteiger partial charge in [-0.2, -0.15) is 13.2 Å². The van der Waals surface area contributed by atoms with Gasteiger partial charge in [0.2, 0.25) is 21.8 Å². The molecule has 7 aliphatic rings. The Bertz CT molecular complexity index is 2480. The van der Waals surface area contributed by atoms with Crippen LogP contribution in [-0.2, 0) is 41.7 Å². The minimum Gasteiger partial charge on any atom is -0.493 e. The maximum Gasteiger partial charge on any atom is 0.437 e.